The minimum Gasteiger partial charge on any atom is -0.494 e. The number of allylic oxidation sites excluding steroid dienone is 1. The van der Waals surface area contributed by atoms with E-state index in [1.165, 1.54) is 0 Å². The number of aromatic nitrogens is 3. The van der Waals surface area contributed by atoms with Gasteiger partial charge in [-0.1, -0.05) is 58.0 Å². The second-order valence-corrected chi connectivity index (χ2v) is 9.73. The summed E-state index contributed by atoms with van der Waals surface area (Å²) in [6.45, 7) is 11.6. The van der Waals surface area contributed by atoms with E-state index < -0.39 is 6.04 Å². The van der Waals surface area contributed by atoms with Crippen LogP contribution in [0.5, 0.6) is 5.75 Å². The van der Waals surface area contributed by atoms with Crippen LogP contribution < -0.4 is 10.1 Å². The monoisotopic (exact) mass is 472 g/mol. The topological polar surface area (TPSA) is 78.3 Å². The van der Waals surface area contributed by atoms with Gasteiger partial charge in [-0.05, 0) is 49.8 Å². The molecule has 33 heavy (non-hydrogen) atoms. The summed E-state index contributed by atoms with van der Waals surface area (Å²) in [5, 5.41) is 8.69. The molecule has 7 nitrogen and oxygen atoms in total. The van der Waals surface area contributed by atoms with Gasteiger partial charge in [0.15, 0.2) is 0 Å². The van der Waals surface area contributed by atoms with E-state index in [2.05, 4.69) is 38.0 Å². The zero-order chi connectivity index (χ0) is 23.8. The van der Waals surface area contributed by atoms with Crippen LogP contribution in [0.25, 0.3) is 0 Å². The summed E-state index contributed by atoms with van der Waals surface area (Å²) in [4.78, 5) is 17.8. The van der Waals surface area contributed by atoms with Crippen LogP contribution in [0.3, 0.4) is 0 Å². The Hall–Kier alpha value is -2.48. The van der Waals surface area contributed by atoms with E-state index in [0.29, 0.717) is 35.8 Å². The van der Waals surface area contributed by atoms with Crippen LogP contribution in [0.1, 0.15) is 71.9 Å². The maximum Gasteiger partial charge on any atom is 0.338 e. The third kappa shape index (κ3) is 6.53. The lowest BCUT2D eigenvalue weighted by Crippen LogP contribution is -2.29. The number of ether oxygens (including phenoxy) is 2. The van der Waals surface area contributed by atoms with Crippen molar-refractivity contribution in [3.8, 4) is 5.75 Å². The van der Waals surface area contributed by atoms with Gasteiger partial charge >= 0.3 is 5.97 Å². The predicted molar refractivity (Wildman–Crippen MR) is 133 cm³/mol. The molecular formula is C25H36N4O3S. The molecule has 0 amide bonds. The highest BCUT2D eigenvalue weighted by Gasteiger charge is 2.35. The second kappa shape index (κ2) is 12.1. The molecule has 0 fully saturated rings. The van der Waals surface area contributed by atoms with Crippen LogP contribution in [0.15, 0.2) is 40.7 Å². The van der Waals surface area contributed by atoms with Gasteiger partial charge in [0.05, 0.1) is 18.8 Å². The standard InChI is InChI=1S/C25H36N4O3S/c1-6-8-14-32-23(30)21-18(5)26-24-27-25(33-16-7-2)28-29(24)22(21)19-9-11-20(12-10-19)31-15-13-17(3)4/h9-12,17,22H,6-8,13-16H2,1-5H3,(H,26,27,28). The Morgan fingerprint density at radius 2 is 1.94 bits per heavy atom. The Bertz CT molecular complexity index is 953. The fourth-order valence-corrected chi connectivity index (χ4v) is 4.19. The van der Waals surface area contributed by atoms with Gasteiger partial charge in [0, 0.05) is 11.4 Å². The Morgan fingerprint density at radius 3 is 2.61 bits per heavy atom. The Labute approximate surface area is 201 Å². The lowest BCUT2D eigenvalue weighted by molar-refractivity contribution is -0.139. The minimum absolute atomic E-state index is 0.320. The summed E-state index contributed by atoms with van der Waals surface area (Å²) >= 11 is 1.61. The lowest BCUT2D eigenvalue weighted by Gasteiger charge is -2.28. The molecule has 3 rings (SSSR count). The SMILES string of the molecule is CCCCOC(=O)C1=C(C)Nc2nc(SCCC)nn2C1c1ccc(OCCC(C)C)cc1. The van der Waals surface area contributed by atoms with Crippen molar-refractivity contribution in [3.05, 3.63) is 41.1 Å². The summed E-state index contributed by atoms with van der Waals surface area (Å²) in [5.41, 5.74) is 2.24. The molecule has 1 aliphatic rings. The van der Waals surface area contributed by atoms with Gasteiger partial charge in [0.2, 0.25) is 11.1 Å². The molecular weight excluding hydrogens is 436 g/mol. The largest absolute Gasteiger partial charge is 0.494 e. The molecule has 0 spiro atoms. The van der Waals surface area contributed by atoms with Crippen molar-refractivity contribution in [2.75, 3.05) is 24.3 Å². The zero-order valence-electron chi connectivity index (χ0n) is 20.4. The molecule has 2 aromatic rings. The first kappa shape index (κ1) is 25.1. The number of nitrogens with zero attached hydrogens (tertiary/aromatic N) is 3. The first-order valence-corrected chi connectivity index (χ1v) is 12.9. The highest BCUT2D eigenvalue weighted by atomic mass is 32.2. The number of rotatable bonds is 12. The Balaban J connectivity index is 1.91. The summed E-state index contributed by atoms with van der Waals surface area (Å²) in [7, 11) is 0. The molecule has 8 heteroatoms. The zero-order valence-corrected chi connectivity index (χ0v) is 21.2. The molecule has 0 saturated carbocycles. The van der Waals surface area contributed by atoms with Crippen molar-refractivity contribution in [1.29, 1.82) is 0 Å². The van der Waals surface area contributed by atoms with Gasteiger partial charge < -0.3 is 14.8 Å². The number of nitrogens with one attached hydrogen (secondary N) is 1. The highest BCUT2D eigenvalue weighted by Crippen LogP contribution is 2.37. The summed E-state index contributed by atoms with van der Waals surface area (Å²) in [6, 6.07) is 7.49. The van der Waals surface area contributed by atoms with E-state index in [0.717, 1.165) is 48.4 Å². The molecule has 0 saturated heterocycles. The lowest BCUT2D eigenvalue weighted by atomic mass is 9.96. The highest BCUT2D eigenvalue weighted by molar-refractivity contribution is 7.99. The number of benzene rings is 1. The number of carbonyl (C=O) groups is 1. The third-order valence-corrected chi connectivity index (χ3v) is 6.42. The van der Waals surface area contributed by atoms with E-state index in [4.69, 9.17) is 14.6 Å². The molecule has 1 aromatic heterocycles. The van der Waals surface area contributed by atoms with Crippen LogP contribution in [0, 0.1) is 5.92 Å². The molecule has 1 aromatic carbocycles. The van der Waals surface area contributed by atoms with E-state index >= 15 is 0 Å². The molecule has 1 atom stereocenters. The van der Waals surface area contributed by atoms with Crippen molar-refractivity contribution in [3.63, 3.8) is 0 Å². The number of carbonyl (C=O) groups excluding carboxylic acids is 1. The number of esters is 1. The van der Waals surface area contributed by atoms with Crippen LogP contribution in [-0.4, -0.2) is 39.7 Å². The predicted octanol–water partition coefficient (Wildman–Crippen LogP) is 5.84. The number of hydrogen-bond donors (Lipinski definition) is 1. The molecule has 0 radical (unpaired) electrons. The van der Waals surface area contributed by atoms with Gasteiger partial charge in [-0.15, -0.1) is 5.10 Å². The molecule has 0 aliphatic carbocycles. The van der Waals surface area contributed by atoms with Crippen molar-refractivity contribution >= 4 is 23.7 Å². The van der Waals surface area contributed by atoms with Gasteiger partial charge in [-0.25, -0.2) is 9.48 Å². The third-order valence-electron chi connectivity index (χ3n) is 5.38. The smallest absolute Gasteiger partial charge is 0.338 e. The molecule has 0 bridgehead atoms. The van der Waals surface area contributed by atoms with E-state index in [-0.39, 0.29) is 5.97 Å². The number of thioether (sulfide) groups is 1. The van der Waals surface area contributed by atoms with Crippen LogP contribution >= 0.6 is 11.8 Å². The fraction of sp³-hybridized carbons (Fsp3) is 0.560. The molecule has 1 N–H and O–H groups in total. The van der Waals surface area contributed by atoms with Crippen LogP contribution in [-0.2, 0) is 9.53 Å². The number of anilines is 1. The minimum atomic E-state index is -0.413. The van der Waals surface area contributed by atoms with Gasteiger partial charge in [0.25, 0.3) is 0 Å². The normalized spacial score (nSPS) is 15.4. The van der Waals surface area contributed by atoms with Gasteiger partial charge in [-0.2, -0.15) is 4.98 Å². The average molecular weight is 473 g/mol. The van der Waals surface area contributed by atoms with Gasteiger partial charge in [-0.3, -0.25) is 0 Å². The molecule has 2 heterocycles. The van der Waals surface area contributed by atoms with E-state index in [1.54, 1.807) is 16.4 Å². The van der Waals surface area contributed by atoms with Crippen LogP contribution in [0.4, 0.5) is 5.95 Å². The van der Waals surface area contributed by atoms with Crippen molar-refractivity contribution in [1.82, 2.24) is 14.8 Å². The van der Waals surface area contributed by atoms with Crippen molar-refractivity contribution < 1.29 is 14.3 Å². The molecule has 180 valence electrons. The maximum atomic E-state index is 13.1. The summed E-state index contributed by atoms with van der Waals surface area (Å²) in [6.07, 6.45) is 3.85. The number of unbranched alkanes of at least 4 members (excludes halogenated alkanes) is 1. The van der Waals surface area contributed by atoms with Crippen molar-refractivity contribution in [2.45, 2.75) is 71.5 Å². The van der Waals surface area contributed by atoms with E-state index in [1.807, 2.05) is 31.2 Å². The first-order chi connectivity index (χ1) is 15.9. The second-order valence-electron chi connectivity index (χ2n) is 8.67. The first-order valence-electron chi connectivity index (χ1n) is 11.9. The van der Waals surface area contributed by atoms with E-state index in [9.17, 15) is 4.79 Å². The quantitative estimate of drug-likeness (QED) is 0.236. The number of hydrogen-bond acceptors (Lipinski definition) is 7. The van der Waals surface area contributed by atoms with Crippen LogP contribution in [0.2, 0.25) is 0 Å². The Morgan fingerprint density at radius 1 is 1.18 bits per heavy atom. The maximum absolute atomic E-state index is 13.1. The summed E-state index contributed by atoms with van der Waals surface area (Å²) < 4.78 is 13.3. The molecule has 1 aliphatic heterocycles. The average Bonchev–Trinajstić information content (AvgIpc) is 3.19. The fourth-order valence-electron chi connectivity index (χ4n) is 3.50. The number of fused-ring (bicyclic) bond motifs is 1. The van der Waals surface area contributed by atoms with Gasteiger partial charge in [0.1, 0.15) is 11.8 Å². The van der Waals surface area contributed by atoms with Crippen molar-refractivity contribution in [2.24, 2.45) is 5.92 Å². The Kier molecular flexibility index (Phi) is 9.23. The summed E-state index contributed by atoms with van der Waals surface area (Å²) in [5.74, 6) is 2.67. The molecule has 1 unspecified atom stereocenters.